The van der Waals surface area contributed by atoms with Crippen molar-refractivity contribution in [2.45, 2.75) is 33.7 Å². The SMILES string of the molecule is Cc1cc(C)c(NC(=O)CCNCc2cc(-c3ccco3)on2)c(C)c1. The zero-order valence-electron chi connectivity index (χ0n) is 15.3. The van der Waals surface area contributed by atoms with Gasteiger partial charge >= 0.3 is 0 Å². The Bertz CT molecular complexity index is 859. The molecule has 0 atom stereocenters. The van der Waals surface area contributed by atoms with Crippen molar-refractivity contribution in [3.05, 3.63) is 59.0 Å². The third-order valence-electron chi connectivity index (χ3n) is 4.10. The maximum atomic E-state index is 12.2. The molecule has 1 aromatic carbocycles. The van der Waals surface area contributed by atoms with Crippen LogP contribution >= 0.6 is 0 Å². The first kappa shape index (κ1) is 17.9. The van der Waals surface area contributed by atoms with E-state index in [4.69, 9.17) is 8.94 Å². The lowest BCUT2D eigenvalue weighted by molar-refractivity contribution is -0.116. The van der Waals surface area contributed by atoms with Crippen LogP contribution in [0.4, 0.5) is 5.69 Å². The summed E-state index contributed by atoms with van der Waals surface area (Å²) in [7, 11) is 0. The van der Waals surface area contributed by atoms with E-state index >= 15 is 0 Å². The second-order valence-corrected chi connectivity index (χ2v) is 6.41. The number of aromatic nitrogens is 1. The summed E-state index contributed by atoms with van der Waals surface area (Å²) in [6.45, 7) is 7.15. The molecule has 0 aliphatic rings. The summed E-state index contributed by atoms with van der Waals surface area (Å²) in [5.74, 6) is 1.23. The van der Waals surface area contributed by atoms with Gasteiger partial charge in [0.15, 0.2) is 5.76 Å². The van der Waals surface area contributed by atoms with Crippen molar-refractivity contribution >= 4 is 11.6 Å². The Balaban J connectivity index is 1.45. The van der Waals surface area contributed by atoms with E-state index in [1.54, 1.807) is 12.3 Å². The highest BCUT2D eigenvalue weighted by Crippen LogP contribution is 2.22. The van der Waals surface area contributed by atoms with Crippen LogP contribution in [0.2, 0.25) is 0 Å². The molecule has 0 aliphatic carbocycles. The maximum absolute atomic E-state index is 12.2. The molecule has 0 unspecified atom stereocenters. The third-order valence-corrected chi connectivity index (χ3v) is 4.10. The fraction of sp³-hybridized carbons (Fsp3) is 0.300. The average Bonchev–Trinajstić information content (AvgIpc) is 3.26. The van der Waals surface area contributed by atoms with Crippen LogP contribution in [0.3, 0.4) is 0 Å². The molecule has 0 spiro atoms. The van der Waals surface area contributed by atoms with Gasteiger partial charge in [-0.05, 0) is 44.0 Å². The summed E-state index contributed by atoms with van der Waals surface area (Å²) in [4.78, 5) is 12.2. The highest BCUT2D eigenvalue weighted by molar-refractivity contribution is 5.92. The molecule has 26 heavy (non-hydrogen) atoms. The van der Waals surface area contributed by atoms with E-state index in [1.807, 2.05) is 26.0 Å². The van der Waals surface area contributed by atoms with Crippen LogP contribution in [0.1, 0.15) is 28.8 Å². The third kappa shape index (κ3) is 4.40. The molecule has 6 heteroatoms. The molecule has 6 nitrogen and oxygen atoms in total. The van der Waals surface area contributed by atoms with E-state index in [0.29, 0.717) is 31.0 Å². The van der Waals surface area contributed by atoms with E-state index in [9.17, 15) is 4.79 Å². The number of hydrogen-bond acceptors (Lipinski definition) is 5. The zero-order valence-corrected chi connectivity index (χ0v) is 15.3. The summed E-state index contributed by atoms with van der Waals surface area (Å²) in [5.41, 5.74) is 5.03. The molecule has 0 saturated carbocycles. The van der Waals surface area contributed by atoms with Gasteiger partial charge in [-0.1, -0.05) is 22.9 Å². The van der Waals surface area contributed by atoms with Crippen molar-refractivity contribution < 1.29 is 13.7 Å². The van der Waals surface area contributed by atoms with E-state index in [1.165, 1.54) is 5.56 Å². The normalized spacial score (nSPS) is 10.9. The summed E-state index contributed by atoms with van der Waals surface area (Å²) in [6, 6.07) is 9.58. The van der Waals surface area contributed by atoms with Crippen molar-refractivity contribution in [2.75, 3.05) is 11.9 Å². The number of hydrogen-bond donors (Lipinski definition) is 2. The van der Waals surface area contributed by atoms with Crippen molar-refractivity contribution in [3.63, 3.8) is 0 Å². The van der Waals surface area contributed by atoms with Crippen molar-refractivity contribution in [1.29, 1.82) is 0 Å². The number of furan rings is 1. The number of carbonyl (C=O) groups excluding carboxylic acids is 1. The summed E-state index contributed by atoms with van der Waals surface area (Å²) in [5, 5.41) is 10.2. The van der Waals surface area contributed by atoms with Crippen LogP contribution in [-0.4, -0.2) is 17.6 Å². The highest BCUT2D eigenvalue weighted by Gasteiger charge is 2.10. The predicted octanol–water partition coefficient (Wildman–Crippen LogP) is 3.98. The van der Waals surface area contributed by atoms with Crippen LogP contribution in [0.25, 0.3) is 11.5 Å². The fourth-order valence-electron chi connectivity index (χ4n) is 2.93. The first-order chi connectivity index (χ1) is 12.5. The van der Waals surface area contributed by atoms with Gasteiger partial charge in [0.25, 0.3) is 0 Å². The largest absolute Gasteiger partial charge is 0.461 e. The first-order valence-corrected chi connectivity index (χ1v) is 8.61. The number of nitrogens with zero attached hydrogens (tertiary/aromatic N) is 1. The minimum absolute atomic E-state index is 0.0102. The van der Waals surface area contributed by atoms with Crippen molar-refractivity contribution in [1.82, 2.24) is 10.5 Å². The molecule has 0 radical (unpaired) electrons. The molecule has 136 valence electrons. The first-order valence-electron chi connectivity index (χ1n) is 8.61. The van der Waals surface area contributed by atoms with Crippen molar-refractivity contribution in [3.8, 4) is 11.5 Å². The molecule has 2 aromatic heterocycles. The Morgan fingerprint density at radius 2 is 1.88 bits per heavy atom. The number of nitrogens with one attached hydrogen (secondary N) is 2. The Kier molecular flexibility index (Phi) is 5.53. The van der Waals surface area contributed by atoms with Crippen LogP contribution in [-0.2, 0) is 11.3 Å². The second kappa shape index (κ2) is 8.01. The summed E-state index contributed by atoms with van der Waals surface area (Å²) in [6.07, 6.45) is 1.97. The lowest BCUT2D eigenvalue weighted by Crippen LogP contribution is -2.22. The molecular formula is C20H23N3O3. The van der Waals surface area contributed by atoms with E-state index in [0.717, 1.165) is 22.5 Å². The van der Waals surface area contributed by atoms with Crippen LogP contribution in [0.15, 0.2) is 45.5 Å². The summed E-state index contributed by atoms with van der Waals surface area (Å²) < 4.78 is 10.5. The van der Waals surface area contributed by atoms with Gasteiger partial charge in [-0.2, -0.15) is 0 Å². The van der Waals surface area contributed by atoms with Crippen LogP contribution in [0, 0.1) is 20.8 Å². The van der Waals surface area contributed by atoms with Gasteiger partial charge in [-0.25, -0.2) is 0 Å². The molecule has 2 heterocycles. The smallest absolute Gasteiger partial charge is 0.225 e. The zero-order chi connectivity index (χ0) is 18.5. The Morgan fingerprint density at radius 1 is 1.12 bits per heavy atom. The monoisotopic (exact) mass is 353 g/mol. The number of anilines is 1. The van der Waals surface area contributed by atoms with E-state index in [2.05, 4.69) is 34.8 Å². The number of aryl methyl sites for hydroxylation is 3. The van der Waals surface area contributed by atoms with Gasteiger partial charge in [0.05, 0.1) is 12.0 Å². The quantitative estimate of drug-likeness (QED) is 0.628. The minimum Gasteiger partial charge on any atom is -0.461 e. The number of rotatable bonds is 7. The molecule has 0 fully saturated rings. The minimum atomic E-state index is -0.0102. The van der Waals surface area contributed by atoms with Crippen LogP contribution < -0.4 is 10.6 Å². The number of carbonyl (C=O) groups is 1. The Hall–Kier alpha value is -2.86. The average molecular weight is 353 g/mol. The highest BCUT2D eigenvalue weighted by atomic mass is 16.5. The second-order valence-electron chi connectivity index (χ2n) is 6.41. The number of benzene rings is 1. The van der Waals surface area contributed by atoms with Gasteiger partial charge in [0.1, 0.15) is 0 Å². The Labute approximate surface area is 152 Å². The molecule has 0 saturated heterocycles. The molecule has 3 rings (SSSR count). The van der Waals surface area contributed by atoms with E-state index in [-0.39, 0.29) is 5.91 Å². The van der Waals surface area contributed by atoms with Gasteiger partial charge in [0, 0.05) is 31.3 Å². The molecule has 0 bridgehead atoms. The summed E-state index contributed by atoms with van der Waals surface area (Å²) >= 11 is 0. The molecule has 0 aliphatic heterocycles. The van der Waals surface area contributed by atoms with Crippen molar-refractivity contribution in [2.24, 2.45) is 0 Å². The van der Waals surface area contributed by atoms with E-state index < -0.39 is 0 Å². The fourth-order valence-corrected chi connectivity index (χ4v) is 2.93. The standard InChI is InChI=1S/C20H23N3O3/c1-13-9-14(2)20(15(3)10-13)22-19(24)6-7-21-12-16-11-18(26-23-16)17-5-4-8-25-17/h4-5,8-11,21H,6-7,12H2,1-3H3,(H,22,24). The molecule has 3 aromatic rings. The maximum Gasteiger partial charge on any atom is 0.225 e. The van der Waals surface area contributed by atoms with Gasteiger partial charge in [-0.15, -0.1) is 0 Å². The van der Waals surface area contributed by atoms with Crippen LogP contribution in [0.5, 0.6) is 0 Å². The van der Waals surface area contributed by atoms with Gasteiger partial charge < -0.3 is 19.6 Å². The number of amides is 1. The predicted molar refractivity (Wildman–Crippen MR) is 99.8 cm³/mol. The Morgan fingerprint density at radius 3 is 2.58 bits per heavy atom. The van der Waals surface area contributed by atoms with Gasteiger partial charge in [-0.3, -0.25) is 4.79 Å². The molecule has 1 amide bonds. The van der Waals surface area contributed by atoms with Gasteiger partial charge in [0.2, 0.25) is 11.7 Å². The molecule has 2 N–H and O–H groups in total. The lowest BCUT2D eigenvalue weighted by Gasteiger charge is -2.13. The molecular weight excluding hydrogens is 330 g/mol. The topological polar surface area (TPSA) is 80.3 Å². The lowest BCUT2D eigenvalue weighted by atomic mass is 10.1.